The van der Waals surface area contributed by atoms with E-state index < -0.39 is 10.8 Å². The van der Waals surface area contributed by atoms with Gasteiger partial charge in [0.05, 0.1) is 10.8 Å². The number of hydrogen-bond acceptors (Lipinski definition) is 1. The first-order valence-electron chi connectivity index (χ1n) is 8.04. The van der Waals surface area contributed by atoms with Crippen LogP contribution in [0, 0.1) is 10.8 Å². The maximum Gasteiger partial charge on any atom is 0.154 e. The fourth-order valence-corrected chi connectivity index (χ4v) is 5.59. The second-order valence-corrected chi connectivity index (χ2v) is 8.12. The van der Waals surface area contributed by atoms with Gasteiger partial charge >= 0.3 is 0 Å². The largest absolute Gasteiger partial charge is 0.298 e. The molecule has 1 fully saturated rings. The van der Waals surface area contributed by atoms with Gasteiger partial charge in [-0.25, -0.2) is 0 Å². The normalized spacial score (nSPS) is 32.7. The summed E-state index contributed by atoms with van der Waals surface area (Å²) >= 11 is 3.81. The first-order valence-corrected chi connectivity index (χ1v) is 8.96. The highest BCUT2D eigenvalue weighted by molar-refractivity contribution is 9.09. The van der Waals surface area contributed by atoms with Crippen LogP contribution in [0.3, 0.4) is 0 Å². The summed E-state index contributed by atoms with van der Waals surface area (Å²) in [6, 6.07) is 20.8. The Morgan fingerprint density at radius 3 is 1.87 bits per heavy atom. The van der Waals surface area contributed by atoms with Crippen molar-refractivity contribution in [1.82, 2.24) is 0 Å². The lowest BCUT2D eigenvalue weighted by molar-refractivity contribution is -0.126. The van der Waals surface area contributed by atoms with Gasteiger partial charge in [0.25, 0.3) is 0 Å². The molecule has 2 aromatic rings. The van der Waals surface area contributed by atoms with Crippen LogP contribution in [0.2, 0.25) is 0 Å². The molecular weight excluding hydrogens is 348 g/mol. The highest BCUT2D eigenvalue weighted by Gasteiger charge is 2.66. The summed E-state index contributed by atoms with van der Waals surface area (Å²) in [4.78, 5) is 13.5. The lowest BCUT2D eigenvalue weighted by atomic mass is 9.73. The highest BCUT2D eigenvalue weighted by atomic mass is 79.9. The third-order valence-electron chi connectivity index (χ3n) is 5.63. The number of benzene rings is 2. The molecule has 1 saturated carbocycles. The zero-order valence-corrected chi connectivity index (χ0v) is 14.9. The van der Waals surface area contributed by atoms with E-state index in [1.165, 1.54) is 16.7 Å². The molecule has 2 heteroatoms. The number of carbonyl (C=O) groups excluding carboxylic acids is 1. The van der Waals surface area contributed by atoms with Crippen LogP contribution in [0.15, 0.2) is 60.7 Å². The van der Waals surface area contributed by atoms with E-state index in [2.05, 4.69) is 78.3 Å². The Labute approximate surface area is 145 Å². The standard InChI is InChI=1S/C21H19BrO/c1-20-13-16(22)21(2,19(20)23)18(15-11-7-4-8-12-15)17(20)14-9-5-3-6-10-14/h3-12,16H,13H2,1-2H3/t16-,20-,21+/m0/s1. The van der Waals surface area contributed by atoms with E-state index in [0.29, 0.717) is 5.78 Å². The third kappa shape index (κ3) is 1.82. The van der Waals surface area contributed by atoms with Gasteiger partial charge in [-0.05, 0) is 42.5 Å². The van der Waals surface area contributed by atoms with E-state index in [1.807, 2.05) is 12.1 Å². The molecular formula is C21H19BrO. The number of fused-ring (bicyclic) bond motifs is 2. The number of hydrogen-bond donors (Lipinski definition) is 0. The predicted octanol–water partition coefficient (Wildman–Crippen LogP) is 5.36. The van der Waals surface area contributed by atoms with Gasteiger partial charge in [0.2, 0.25) is 0 Å². The molecule has 2 bridgehead atoms. The molecule has 0 aliphatic heterocycles. The molecule has 0 unspecified atom stereocenters. The molecule has 0 radical (unpaired) electrons. The minimum Gasteiger partial charge on any atom is -0.298 e. The molecule has 0 spiro atoms. The Kier molecular flexibility index (Phi) is 3.18. The fourth-order valence-electron chi connectivity index (χ4n) is 4.51. The molecule has 2 aliphatic rings. The Balaban J connectivity index is 2.08. The van der Waals surface area contributed by atoms with E-state index in [0.717, 1.165) is 12.0 Å². The van der Waals surface area contributed by atoms with Gasteiger partial charge in [-0.3, -0.25) is 4.79 Å². The second-order valence-electron chi connectivity index (χ2n) is 7.02. The van der Waals surface area contributed by atoms with Gasteiger partial charge in [-0.1, -0.05) is 76.6 Å². The van der Waals surface area contributed by atoms with E-state index in [9.17, 15) is 4.79 Å². The van der Waals surface area contributed by atoms with E-state index in [-0.39, 0.29) is 4.83 Å². The van der Waals surface area contributed by atoms with Crippen molar-refractivity contribution in [2.45, 2.75) is 25.1 Å². The van der Waals surface area contributed by atoms with Crippen LogP contribution in [0.4, 0.5) is 0 Å². The molecule has 3 atom stereocenters. The number of halogens is 1. The molecule has 4 rings (SSSR count). The zero-order chi connectivity index (χ0) is 16.2. The summed E-state index contributed by atoms with van der Waals surface area (Å²) in [6.07, 6.45) is 0.864. The number of carbonyl (C=O) groups is 1. The summed E-state index contributed by atoms with van der Waals surface area (Å²) in [7, 11) is 0. The minimum absolute atomic E-state index is 0.190. The molecule has 0 amide bonds. The van der Waals surface area contributed by atoms with Crippen LogP contribution in [0.5, 0.6) is 0 Å². The van der Waals surface area contributed by atoms with Crippen molar-refractivity contribution in [3.63, 3.8) is 0 Å². The first-order chi connectivity index (χ1) is 11.0. The van der Waals surface area contributed by atoms with Crippen molar-refractivity contribution in [3.8, 4) is 0 Å². The third-order valence-corrected chi connectivity index (χ3v) is 6.87. The lowest BCUT2D eigenvalue weighted by Gasteiger charge is -2.33. The van der Waals surface area contributed by atoms with Crippen LogP contribution in [0.25, 0.3) is 11.1 Å². The van der Waals surface area contributed by atoms with Crippen LogP contribution in [-0.4, -0.2) is 10.6 Å². The maximum absolute atomic E-state index is 13.3. The van der Waals surface area contributed by atoms with Crippen molar-refractivity contribution in [1.29, 1.82) is 0 Å². The minimum atomic E-state index is -0.457. The summed E-state index contributed by atoms with van der Waals surface area (Å²) in [5, 5.41) is 0. The molecule has 0 saturated heterocycles. The summed E-state index contributed by atoms with van der Waals surface area (Å²) in [6.45, 7) is 4.23. The smallest absolute Gasteiger partial charge is 0.154 e. The molecule has 0 N–H and O–H groups in total. The van der Waals surface area contributed by atoms with Gasteiger partial charge in [0.1, 0.15) is 0 Å². The van der Waals surface area contributed by atoms with Gasteiger partial charge in [0, 0.05) is 4.83 Å². The Morgan fingerprint density at radius 1 is 0.870 bits per heavy atom. The SMILES string of the molecule is C[C@@]12C[C@H](Br)[C@@](C)(C1=O)C(c1ccccc1)=C2c1ccccc1. The number of Topliss-reactive ketones (excluding diaryl/α,β-unsaturated/α-hetero) is 1. The Morgan fingerprint density at radius 2 is 1.35 bits per heavy atom. The number of allylic oxidation sites excluding steroid dienone is 2. The number of ketones is 1. The van der Waals surface area contributed by atoms with Gasteiger partial charge in [0.15, 0.2) is 5.78 Å². The molecule has 116 valence electrons. The Bertz CT molecular complexity index is 808. The summed E-state index contributed by atoms with van der Waals surface area (Å²) < 4.78 is 0. The van der Waals surface area contributed by atoms with Crippen LogP contribution < -0.4 is 0 Å². The van der Waals surface area contributed by atoms with Gasteiger partial charge < -0.3 is 0 Å². The van der Waals surface area contributed by atoms with E-state index in [1.54, 1.807) is 0 Å². The van der Waals surface area contributed by atoms with Crippen LogP contribution in [-0.2, 0) is 4.79 Å². The van der Waals surface area contributed by atoms with Crippen molar-refractivity contribution in [2.75, 3.05) is 0 Å². The topological polar surface area (TPSA) is 17.1 Å². The van der Waals surface area contributed by atoms with Crippen molar-refractivity contribution in [2.24, 2.45) is 10.8 Å². The van der Waals surface area contributed by atoms with Gasteiger partial charge in [-0.2, -0.15) is 0 Å². The fraction of sp³-hybridized carbons (Fsp3) is 0.286. The molecule has 1 nitrogen and oxygen atoms in total. The quantitative estimate of drug-likeness (QED) is 0.653. The van der Waals surface area contributed by atoms with Crippen molar-refractivity contribution >= 4 is 32.9 Å². The maximum atomic E-state index is 13.3. The first kappa shape index (κ1) is 14.9. The predicted molar refractivity (Wildman–Crippen MR) is 98.3 cm³/mol. The molecule has 2 aliphatic carbocycles. The highest BCUT2D eigenvalue weighted by Crippen LogP contribution is 2.68. The van der Waals surface area contributed by atoms with Crippen molar-refractivity contribution in [3.05, 3.63) is 71.8 Å². The zero-order valence-electron chi connectivity index (χ0n) is 13.3. The van der Waals surface area contributed by atoms with E-state index >= 15 is 0 Å². The van der Waals surface area contributed by atoms with Crippen molar-refractivity contribution < 1.29 is 4.79 Å². The molecule has 0 aromatic heterocycles. The average molecular weight is 367 g/mol. The average Bonchev–Trinajstić information content (AvgIpc) is 2.86. The summed E-state index contributed by atoms with van der Waals surface area (Å²) in [5.74, 6) is 0.351. The van der Waals surface area contributed by atoms with Crippen LogP contribution in [0.1, 0.15) is 31.4 Å². The molecule has 2 aromatic carbocycles. The summed E-state index contributed by atoms with van der Waals surface area (Å²) in [5.41, 5.74) is 3.88. The van der Waals surface area contributed by atoms with Crippen LogP contribution >= 0.6 is 15.9 Å². The molecule has 23 heavy (non-hydrogen) atoms. The monoisotopic (exact) mass is 366 g/mol. The number of alkyl halides is 1. The Hall–Kier alpha value is -1.67. The second kappa shape index (κ2) is 4.91. The lowest BCUT2D eigenvalue weighted by Crippen LogP contribution is -2.29. The van der Waals surface area contributed by atoms with E-state index in [4.69, 9.17) is 0 Å². The number of rotatable bonds is 2. The molecule has 0 heterocycles. The van der Waals surface area contributed by atoms with Gasteiger partial charge in [-0.15, -0.1) is 0 Å².